The highest BCUT2D eigenvalue weighted by molar-refractivity contribution is 6.38. The maximum Gasteiger partial charge on any atom is 0.106 e. The fourth-order valence-corrected chi connectivity index (χ4v) is 2.14. The highest BCUT2D eigenvalue weighted by Gasteiger charge is 2.23. The van der Waals surface area contributed by atoms with E-state index in [0.29, 0.717) is 15.7 Å². The van der Waals surface area contributed by atoms with E-state index in [9.17, 15) is 0 Å². The minimum absolute atomic E-state index is 0.0330. The van der Waals surface area contributed by atoms with Crippen molar-refractivity contribution >= 4 is 28.9 Å². The molecule has 1 aliphatic rings. The minimum Gasteiger partial charge on any atom is -0.396 e. The summed E-state index contributed by atoms with van der Waals surface area (Å²) in [5.41, 5.74) is 7.06. The van der Waals surface area contributed by atoms with Gasteiger partial charge in [-0.1, -0.05) is 23.2 Å². The van der Waals surface area contributed by atoms with Gasteiger partial charge in [0.2, 0.25) is 0 Å². The summed E-state index contributed by atoms with van der Waals surface area (Å²) in [4.78, 5) is 5.57. The van der Waals surface area contributed by atoms with Crippen LogP contribution in [-0.2, 0) is 4.84 Å². The number of nitrogens with two attached hydrogens (primary N) is 1. The molecule has 5 heteroatoms. The number of hydrogen-bond donors (Lipinski definition) is 1. The summed E-state index contributed by atoms with van der Waals surface area (Å²) >= 11 is 11.9. The Hall–Kier alpha value is -0.480. The first kappa shape index (κ1) is 11.0. The first-order valence-electron chi connectivity index (χ1n) is 4.70. The maximum absolute atomic E-state index is 5.96. The van der Waals surface area contributed by atoms with Crippen LogP contribution in [0.15, 0.2) is 12.1 Å². The minimum atomic E-state index is 0.0330. The zero-order valence-corrected chi connectivity index (χ0v) is 9.85. The van der Waals surface area contributed by atoms with Crippen LogP contribution in [0.25, 0.3) is 0 Å². The molecule has 0 saturated carbocycles. The Morgan fingerprint density at radius 3 is 2.47 bits per heavy atom. The molecule has 1 unspecified atom stereocenters. The van der Waals surface area contributed by atoms with E-state index in [0.717, 1.165) is 18.5 Å². The summed E-state index contributed by atoms with van der Waals surface area (Å²) in [6.45, 7) is 0.907. The van der Waals surface area contributed by atoms with Gasteiger partial charge in [0.15, 0.2) is 0 Å². The number of hydroxylamine groups is 2. The molecule has 0 spiro atoms. The number of benzene rings is 1. The third-order valence-corrected chi connectivity index (χ3v) is 3.11. The van der Waals surface area contributed by atoms with Crippen molar-refractivity contribution in [2.24, 2.45) is 0 Å². The van der Waals surface area contributed by atoms with Gasteiger partial charge in [-0.05, 0) is 24.1 Å². The van der Waals surface area contributed by atoms with Gasteiger partial charge in [0.1, 0.15) is 6.10 Å². The molecular weight excluding hydrogens is 235 g/mol. The van der Waals surface area contributed by atoms with Gasteiger partial charge in [-0.15, -0.1) is 0 Å². The van der Waals surface area contributed by atoms with Crippen molar-refractivity contribution < 1.29 is 4.84 Å². The van der Waals surface area contributed by atoms with E-state index < -0.39 is 0 Å². The third kappa shape index (κ3) is 2.21. The van der Waals surface area contributed by atoms with Crippen molar-refractivity contribution in [1.82, 2.24) is 5.06 Å². The van der Waals surface area contributed by atoms with E-state index in [1.807, 2.05) is 24.2 Å². The number of hydrogen-bond acceptors (Lipinski definition) is 3. The molecule has 2 rings (SSSR count). The Morgan fingerprint density at radius 1 is 1.40 bits per heavy atom. The van der Waals surface area contributed by atoms with Crippen molar-refractivity contribution in [3.8, 4) is 0 Å². The van der Waals surface area contributed by atoms with Crippen LogP contribution in [0.5, 0.6) is 0 Å². The lowest BCUT2D eigenvalue weighted by molar-refractivity contribution is -0.128. The molecule has 82 valence electrons. The predicted molar refractivity (Wildman–Crippen MR) is 61.9 cm³/mol. The van der Waals surface area contributed by atoms with Gasteiger partial charge in [0, 0.05) is 13.6 Å². The van der Waals surface area contributed by atoms with Crippen LogP contribution in [0, 0.1) is 0 Å². The second kappa shape index (κ2) is 4.18. The van der Waals surface area contributed by atoms with Crippen LogP contribution in [0.3, 0.4) is 0 Å². The summed E-state index contributed by atoms with van der Waals surface area (Å²) in [5.74, 6) is 0. The molecule has 0 bridgehead atoms. The predicted octanol–water partition coefficient (Wildman–Crippen LogP) is 2.88. The van der Waals surface area contributed by atoms with Crippen molar-refractivity contribution in [3.05, 3.63) is 27.7 Å². The molecule has 3 nitrogen and oxygen atoms in total. The van der Waals surface area contributed by atoms with Gasteiger partial charge in [0.25, 0.3) is 0 Å². The summed E-state index contributed by atoms with van der Waals surface area (Å²) in [6, 6.07) is 3.62. The number of halogens is 2. The monoisotopic (exact) mass is 246 g/mol. The molecule has 0 aromatic heterocycles. The Kier molecular flexibility index (Phi) is 3.07. The average molecular weight is 247 g/mol. The van der Waals surface area contributed by atoms with E-state index in [4.69, 9.17) is 33.8 Å². The lowest BCUT2D eigenvalue weighted by atomic mass is 10.1. The SMILES string of the molecule is CN1CCC(c2cc(Cl)c(N)c(Cl)c2)O1. The summed E-state index contributed by atoms with van der Waals surface area (Å²) in [7, 11) is 1.90. The smallest absolute Gasteiger partial charge is 0.106 e. The highest BCUT2D eigenvalue weighted by atomic mass is 35.5. The first-order chi connectivity index (χ1) is 7.08. The van der Waals surface area contributed by atoms with E-state index in [-0.39, 0.29) is 6.10 Å². The molecule has 0 radical (unpaired) electrons. The molecule has 1 aromatic rings. The number of anilines is 1. The second-order valence-corrected chi connectivity index (χ2v) is 4.45. The second-order valence-electron chi connectivity index (χ2n) is 3.63. The standard InChI is InChI=1S/C10H12Cl2N2O/c1-14-3-2-9(15-14)6-4-7(11)10(13)8(12)5-6/h4-5,9H,2-3,13H2,1H3. The molecule has 0 aliphatic carbocycles. The highest BCUT2D eigenvalue weighted by Crippen LogP contribution is 2.35. The molecule has 1 aromatic carbocycles. The fraction of sp³-hybridized carbons (Fsp3) is 0.400. The topological polar surface area (TPSA) is 38.5 Å². The van der Waals surface area contributed by atoms with Crippen LogP contribution >= 0.6 is 23.2 Å². The molecule has 1 fully saturated rings. The number of rotatable bonds is 1. The van der Waals surface area contributed by atoms with Gasteiger partial charge in [-0.25, -0.2) is 0 Å². The lowest BCUT2D eigenvalue weighted by Crippen LogP contribution is -2.10. The van der Waals surface area contributed by atoms with Crippen LogP contribution in [0.2, 0.25) is 10.0 Å². The van der Waals surface area contributed by atoms with Crippen molar-refractivity contribution in [1.29, 1.82) is 0 Å². The number of nitrogens with zero attached hydrogens (tertiary/aromatic N) is 1. The van der Waals surface area contributed by atoms with E-state index in [2.05, 4.69) is 0 Å². The molecule has 1 atom stereocenters. The molecular formula is C10H12Cl2N2O. The fourth-order valence-electron chi connectivity index (χ4n) is 1.64. The van der Waals surface area contributed by atoms with Gasteiger partial charge >= 0.3 is 0 Å². The molecule has 15 heavy (non-hydrogen) atoms. The third-order valence-electron chi connectivity index (χ3n) is 2.49. The normalized spacial score (nSPS) is 22.2. The van der Waals surface area contributed by atoms with Crippen molar-refractivity contribution in [2.75, 3.05) is 19.3 Å². The van der Waals surface area contributed by atoms with E-state index >= 15 is 0 Å². The van der Waals surface area contributed by atoms with Gasteiger partial charge in [0.05, 0.1) is 15.7 Å². The summed E-state index contributed by atoms with van der Waals surface area (Å²) in [6.07, 6.45) is 0.971. The van der Waals surface area contributed by atoms with Crippen LogP contribution in [0.1, 0.15) is 18.1 Å². The van der Waals surface area contributed by atoms with Crippen LogP contribution in [-0.4, -0.2) is 18.7 Å². The molecule has 1 heterocycles. The zero-order chi connectivity index (χ0) is 11.0. The Labute approximate surface area is 98.7 Å². The van der Waals surface area contributed by atoms with Gasteiger partial charge in [-0.2, -0.15) is 5.06 Å². The first-order valence-corrected chi connectivity index (χ1v) is 5.46. The molecule has 0 amide bonds. The maximum atomic E-state index is 5.96. The quantitative estimate of drug-likeness (QED) is 0.775. The van der Waals surface area contributed by atoms with Gasteiger partial charge in [-0.3, -0.25) is 4.84 Å². The summed E-state index contributed by atoms with van der Waals surface area (Å²) < 4.78 is 0. The van der Waals surface area contributed by atoms with Crippen molar-refractivity contribution in [3.63, 3.8) is 0 Å². The Balaban J connectivity index is 2.29. The van der Waals surface area contributed by atoms with E-state index in [1.54, 1.807) is 0 Å². The molecule has 1 saturated heterocycles. The van der Waals surface area contributed by atoms with Gasteiger partial charge < -0.3 is 5.73 Å². The molecule has 1 aliphatic heterocycles. The summed E-state index contributed by atoms with van der Waals surface area (Å²) in [5, 5.41) is 2.77. The van der Waals surface area contributed by atoms with Crippen LogP contribution < -0.4 is 5.73 Å². The Morgan fingerprint density at radius 2 is 2.00 bits per heavy atom. The van der Waals surface area contributed by atoms with Crippen LogP contribution in [0.4, 0.5) is 5.69 Å². The Bertz CT molecular complexity index is 361. The van der Waals surface area contributed by atoms with E-state index in [1.165, 1.54) is 0 Å². The van der Waals surface area contributed by atoms with Crippen molar-refractivity contribution in [2.45, 2.75) is 12.5 Å². The largest absolute Gasteiger partial charge is 0.396 e. The zero-order valence-electron chi connectivity index (χ0n) is 8.34. The lowest BCUT2D eigenvalue weighted by Gasteiger charge is -2.13. The number of nitrogen functional groups attached to an aromatic ring is 1. The average Bonchev–Trinajstić information content (AvgIpc) is 2.60. The molecule has 2 N–H and O–H groups in total.